The molecule has 6 rings (SSSR count). The quantitative estimate of drug-likeness (QED) is 0.767. The first-order chi connectivity index (χ1) is 14.7. The summed E-state index contributed by atoms with van der Waals surface area (Å²) in [4.78, 5) is 7.29. The molecule has 4 nitrogen and oxygen atoms in total. The van der Waals surface area contributed by atoms with E-state index in [4.69, 9.17) is 4.74 Å². The molecule has 2 atom stereocenters. The fraction of sp³-hybridized carbons (Fsp3) is 0.440. The van der Waals surface area contributed by atoms with Crippen LogP contribution in [0.5, 0.6) is 5.75 Å². The summed E-state index contributed by atoms with van der Waals surface area (Å²) in [6.07, 6.45) is 3.69. The molecule has 0 spiro atoms. The third-order valence-corrected chi connectivity index (χ3v) is 7.31. The lowest BCUT2D eigenvalue weighted by atomic mass is 9.89. The number of piperidine rings is 1. The number of benzene rings is 2. The summed E-state index contributed by atoms with van der Waals surface area (Å²) >= 11 is 0. The maximum Gasteiger partial charge on any atom is 0.129 e. The first-order valence-electron chi connectivity index (χ1n) is 11.1. The first-order valence-corrected chi connectivity index (χ1v) is 11.1. The van der Waals surface area contributed by atoms with Gasteiger partial charge < -0.3 is 14.5 Å². The average Bonchev–Trinajstić information content (AvgIpc) is 3.35. The van der Waals surface area contributed by atoms with Crippen molar-refractivity contribution in [2.45, 2.75) is 24.8 Å². The van der Waals surface area contributed by atoms with Crippen LogP contribution >= 0.6 is 0 Å². The third kappa shape index (κ3) is 2.83. The van der Waals surface area contributed by atoms with Crippen molar-refractivity contribution < 1.29 is 9.13 Å². The molecule has 0 radical (unpaired) electrons. The molecule has 156 valence electrons. The average molecular weight is 406 g/mol. The molecule has 0 bridgehead atoms. The molecular weight excluding hydrogens is 377 g/mol. The second-order valence-electron chi connectivity index (χ2n) is 9.05. The molecule has 1 fully saturated rings. The van der Waals surface area contributed by atoms with Gasteiger partial charge in [0.1, 0.15) is 11.6 Å². The second-order valence-corrected chi connectivity index (χ2v) is 9.05. The lowest BCUT2D eigenvalue weighted by Gasteiger charge is -2.41. The smallest absolute Gasteiger partial charge is 0.129 e. The summed E-state index contributed by atoms with van der Waals surface area (Å²) in [5, 5.41) is 0. The topological polar surface area (TPSA) is 19.0 Å². The highest BCUT2D eigenvalue weighted by Gasteiger charge is 2.44. The van der Waals surface area contributed by atoms with Gasteiger partial charge in [-0.3, -0.25) is 4.90 Å². The molecule has 4 heterocycles. The van der Waals surface area contributed by atoms with E-state index in [1.807, 2.05) is 12.1 Å². The summed E-state index contributed by atoms with van der Waals surface area (Å²) in [5.74, 6) is 1.25. The highest BCUT2D eigenvalue weighted by atomic mass is 19.1. The lowest BCUT2D eigenvalue weighted by molar-refractivity contribution is 0.198. The number of anilines is 2. The number of likely N-dealkylation sites (N-methyl/N-ethyl adjacent to an activating group) is 1. The lowest BCUT2D eigenvalue weighted by Crippen LogP contribution is -2.49. The minimum Gasteiger partial charge on any atom is -0.492 e. The minimum absolute atomic E-state index is 0.0785. The minimum atomic E-state index is -0.0785. The Hall–Kier alpha value is -2.53. The van der Waals surface area contributed by atoms with Crippen molar-refractivity contribution in [1.29, 1.82) is 0 Å². The molecular formula is C25H28FN3O. The van der Waals surface area contributed by atoms with Crippen molar-refractivity contribution in [3.63, 3.8) is 0 Å². The number of halogens is 1. The van der Waals surface area contributed by atoms with Crippen LogP contribution in [0.25, 0.3) is 6.08 Å². The SMILES string of the molecule is CN1CCN2c3c(cccc31)[C@@H]1CN(C/C(F)=C/c3cccc4c3OCC4)CC[C@@H]12. The van der Waals surface area contributed by atoms with E-state index in [0.717, 1.165) is 50.3 Å². The highest BCUT2D eigenvalue weighted by Crippen LogP contribution is 2.50. The largest absolute Gasteiger partial charge is 0.492 e. The van der Waals surface area contributed by atoms with Crippen molar-refractivity contribution in [2.24, 2.45) is 0 Å². The van der Waals surface area contributed by atoms with Crippen LogP contribution in [0.4, 0.5) is 15.8 Å². The van der Waals surface area contributed by atoms with Gasteiger partial charge in [0.2, 0.25) is 0 Å². The summed E-state index contributed by atoms with van der Waals surface area (Å²) in [5.41, 5.74) is 6.28. The van der Waals surface area contributed by atoms with Crippen molar-refractivity contribution in [1.82, 2.24) is 4.90 Å². The van der Waals surface area contributed by atoms with Gasteiger partial charge in [-0.15, -0.1) is 0 Å². The second kappa shape index (κ2) is 7.02. The predicted molar refractivity (Wildman–Crippen MR) is 119 cm³/mol. The van der Waals surface area contributed by atoms with E-state index >= 15 is 0 Å². The number of likely N-dealkylation sites (tertiary alicyclic amines) is 1. The molecule has 4 aliphatic rings. The fourth-order valence-electron chi connectivity index (χ4n) is 5.90. The van der Waals surface area contributed by atoms with Crippen LogP contribution < -0.4 is 14.5 Å². The summed E-state index contributed by atoms with van der Waals surface area (Å²) in [6.45, 7) is 5.11. The molecule has 0 aliphatic carbocycles. The zero-order valence-electron chi connectivity index (χ0n) is 17.5. The third-order valence-electron chi connectivity index (χ3n) is 7.31. The molecule has 4 aliphatic heterocycles. The van der Waals surface area contributed by atoms with Gasteiger partial charge in [-0.25, -0.2) is 4.39 Å². The zero-order valence-corrected chi connectivity index (χ0v) is 17.5. The molecule has 2 aromatic carbocycles. The molecule has 0 N–H and O–H groups in total. The standard InChI is InChI=1S/C25H28FN3O/c1-27-11-12-29-22-8-10-28(16-21(22)20-6-3-7-23(27)24(20)29)15-19(26)14-18-5-2-4-17-9-13-30-25(17)18/h2-7,14,21-22H,8-13,15-16H2,1H3/b19-14-/t21-,22-/m0/s1. The van der Waals surface area contributed by atoms with Crippen LogP contribution in [0.2, 0.25) is 0 Å². The molecule has 5 heteroatoms. The number of hydrogen-bond donors (Lipinski definition) is 0. The normalized spacial score (nSPS) is 25.1. The van der Waals surface area contributed by atoms with E-state index in [1.54, 1.807) is 6.08 Å². The van der Waals surface area contributed by atoms with Crippen LogP contribution in [0.15, 0.2) is 42.2 Å². The Labute approximate surface area is 177 Å². The van der Waals surface area contributed by atoms with E-state index < -0.39 is 0 Å². The number of hydrogen-bond acceptors (Lipinski definition) is 4. The van der Waals surface area contributed by atoms with Gasteiger partial charge in [0.25, 0.3) is 0 Å². The monoisotopic (exact) mass is 405 g/mol. The van der Waals surface area contributed by atoms with E-state index in [2.05, 4.69) is 46.0 Å². The Morgan fingerprint density at radius 2 is 2.07 bits per heavy atom. The van der Waals surface area contributed by atoms with Gasteiger partial charge in [-0.05, 0) is 29.7 Å². The molecule has 0 saturated carbocycles. The number of fused-ring (bicyclic) bond motifs is 4. The molecule has 2 aromatic rings. The molecule has 0 amide bonds. The molecule has 0 aromatic heterocycles. The van der Waals surface area contributed by atoms with Crippen molar-refractivity contribution >= 4 is 17.5 Å². The Morgan fingerprint density at radius 1 is 1.17 bits per heavy atom. The van der Waals surface area contributed by atoms with Crippen molar-refractivity contribution in [2.75, 3.05) is 56.2 Å². The maximum absolute atomic E-state index is 15.0. The van der Waals surface area contributed by atoms with Crippen LogP contribution in [-0.2, 0) is 6.42 Å². The van der Waals surface area contributed by atoms with Crippen molar-refractivity contribution in [3.8, 4) is 5.75 Å². The Morgan fingerprint density at radius 3 is 3.00 bits per heavy atom. The number of para-hydroxylation sites is 2. The number of rotatable bonds is 3. The van der Waals surface area contributed by atoms with E-state index in [9.17, 15) is 4.39 Å². The Kier molecular flexibility index (Phi) is 4.27. The van der Waals surface area contributed by atoms with Gasteiger partial charge in [-0.1, -0.05) is 30.3 Å². The fourth-order valence-corrected chi connectivity index (χ4v) is 5.90. The van der Waals surface area contributed by atoms with Gasteiger partial charge in [0.05, 0.1) is 24.5 Å². The van der Waals surface area contributed by atoms with Crippen LogP contribution in [0.3, 0.4) is 0 Å². The van der Waals surface area contributed by atoms with Crippen molar-refractivity contribution in [3.05, 3.63) is 58.9 Å². The van der Waals surface area contributed by atoms with Gasteiger partial charge in [-0.2, -0.15) is 0 Å². The predicted octanol–water partition coefficient (Wildman–Crippen LogP) is 4.06. The summed E-state index contributed by atoms with van der Waals surface area (Å²) in [6, 6.07) is 13.3. The Balaban J connectivity index is 1.22. The highest BCUT2D eigenvalue weighted by molar-refractivity contribution is 5.80. The van der Waals surface area contributed by atoms with Crippen LogP contribution in [0.1, 0.15) is 29.0 Å². The molecule has 30 heavy (non-hydrogen) atoms. The van der Waals surface area contributed by atoms with Gasteiger partial charge in [0, 0.05) is 57.2 Å². The maximum atomic E-state index is 15.0. The number of nitrogens with zero attached hydrogens (tertiary/aromatic N) is 3. The van der Waals surface area contributed by atoms with E-state index in [0.29, 0.717) is 25.1 Å². The van der Waals surface area contributed by atoms with Crippen LogP contribution in [0, 0.1) is 0 Å². The number of ether oxygens (including phenoxy) is 1. The zero-order chi connectivity index (χ0) is 20.2. The van der Waals surface area contributed by atoms with E-state index in [1.165, 1.54) is 22.5 Å². The van der Waals surface area contributed by atoms with Gasteiger partial charge >= 0.3 is 0 Å². The first kappa shape index (κ1) is 18.3. The molecule has 0 unspecified atom stereocenters. The van der Waals surface area contributed by atoms with E-state index in [-0.39, 0.29) is 5.83 Å². The summed E-state index contributed by atoms with van der Waals surface area (Å²) in [7, 11) is 2.19. The van der Waals surface area contributed by atoms with Crippen LogP contribution in [-0.4, -0.2) is 57.3 Å². The summed E-state index contributed by atoms with van der Waals surface area (Å²) < 4.78 is 20.7. The Bertz CT molecular complexity index is 1020. The molecule has 1 saturated heterocycles. The van der Waals surface area contributed by atoms with Gasteiger partial charge in [0.15, 0.2) is 0 Å².